The van der Waals surface area contributed by atoms with Gasteiger partial charge in [0.05, 0.1) is 10.6 Å². The van der Waals surface area contributed by atoms with Crippen molar-refractivity contribution >= 4 is 39.1 Å². The summed E-state index contributed by atoms with van der Waals surface area (Å²) in [6.07, 6.45) is 0.241. The molecule has 0 aliphatic carbocycles. The molecule has 4 rings (SSSR count). The zero-order chi connectivity index (χ0) is 33.6. The Bertz CT molecular complexity index is 1770. The van der Waals surface area contributed by atoms with Gasteiger partial charge >= 0.3 is 0 Å². The largest absolute Gasteiger partial charge is 0.350 e. The molecule has 0 spiro atoms. The summed E-state index contributed by atoms with van der Waals surface area (Å²) in [6.45, 7) is 10.8. The van der Waals surface area contributed by atoms with Gasteiger partial charge in [-0.2, -0.15) is 0 Å². The van der Waals surface area contributed by atoms with Crippen molar-refractivity contribution in [3.05, 3.63) is 130 Å². The van der Waals surface area contributed by atoms with Gasteiger partial charge in [-0.15, -0.1) is 0 Å². The van der Waals surface area contributed by atoms with E-state index in [1.54, 1.807) is 37.3 Å². The van der Waals surface area contributed by atoms with Gasteiger partial charge in [0, 0.05) is 23.5 Å². The first kappa shape index (κ1) is 34.7. The van der Waals surface area contributed by atoms with Gasteiger partial charge in [0.25, 0.3) is 10.0 Å². The van der Waals surface area contributed by atoms with Crippen LogP contribution in [0.1, 0.15) is 48.6 Å². The topological polar surface area (TPSA) is 86.8 Å². The predicted molar refractivity (Wildman–Crippen MR) is 185 cm³/mol. The normalized spacial score (nSPS) is 12.3. The molecule has 2 amide bonds. The van der Waals surface area contributed by atoms with Crippen LogP contribution in [0, 0.1) is 20.8 Å². The minimum Gasteiger partial charge on any atom is -0.350 e. The van der Waals surface area contributed by atoms with Gasteiger partial charge in [-0.05, 0) is 88.6 Å². The average molecular weight is 660 g/mol. The van der Waals surface area contributed by atoms with E-state index in [-0.39, 0.29) is 23.8 Å². The van der Waals surface area contributed by atoms with E-state index >= 15 is 0 Å². The van der Waals surface area contributed by atoms with Crippen LogP contribution in [0.25, 0.3) is 0 Å². The molecule has 46 heavy (non-hydrogen) atoms. The van der Waals surface area contributed by atoms with E-state index in [0.29, 0.717) is 16.3 Å². The molecule has 0 aliphatic heterocycles. The number of carbonyl (C=O) groups is 2. The van der Waals surface area contributed by atoms with Crippen LogP contribution in [0.3, 0.4) is 0 Å². The van der Waals surface area contributed by atoms with E-state index in [4.69, 9.17) is 11.6 Å². The number of rotatable bonds is 11. The molecule has 0 fully saturated rings. The van der Waals surface area contributed by atoms with Crippen LogP contribution in [0.15, 0.2) is 102 Å². The Morgan fingerprint density at radius 1 is 0.804 bits per heavy atom. The maximum absolute atomic E-state index is 14.6. The van der Waals surface area contributed by atoms with Crippen molar-refractivity contribution < 1.29 is 18.0 Å². The van der Waals surface area contributed by atoms with Gasteiger partial charge in [-0.3, -0.25) is 13.9 Å². The molecule has 7 nitrogen and oxygen atoms in total. The molecule has 0 aromatic heterocycles. The minimum atomic E-state index is -4.20. The average Bonchev–Trinajstić information content (AvgIpc) is 2.98. The highest BCUT2D eigenvalue weighted by Crippen LogP contribution is 2.30. The van der Waals surface area contributed by atoms with Crippen LogP contribution < -0.4 is 9.62 Å². The fourth-order valence-electron chi connectivity index (χ4n) is 5.15. The number of hydrogen-bond acceptors (Lipinski definition) is 4. The van der Waals surface area contributed by atoms with Gasteiger partial charge in [0.2, 0.25) is 11.8 Å². The lowest BCUT2D eigenvalue weighted by Crippen LogP contribution is -2.56. The Hall–Kier alpha value is -4.14. The second-order valence-electron chi connectivity index (χ2n) is 12.7. The number of nitrogens with one attached hydrogen (secondary N) is 1. The van der Waals surface area contributed by atoms with Crippen molar-refractivity contribution in [3.63, 3.8) is 0 Å². The predicted octanol–water partition coefficient (Wildman–Crippen LogP) is 7.02. The molecule has 0 heterocycles. The standard InChI is InChI=1S/C37H42ClN3O4S/c1-26-12-16-30(17-13-26)24-40(34(36(43)39-37(4,5)6)23-29-10-8-7-9-11-29)35(42)25-41(33-21-18-31(38)22-28(33)3)46(44,45)32-19-14-27(2)15-20-32/h7-22,34H,23-25H2,1-6H3,(H,39,43). The number of halogens is 1. The molecule has 4 aromatic carbocycles. The number of amides is 2. The van der Waals surface area contributed by atoms with E-state index in [1.807, 2.05) is 89.2 Å². The van der Waals surface area contributed by atoms with Gasteiger partial charge in [0.1, 0.15) is 12.6 Å². The third-order valence-electron chi connectivity index (χ3n) is 7.56. The number of benzene rings is 4. The van der Waals surface area contributed by atoms with Crippen LogP contribution in [0.2, 0.25) is 5.02 Å². The van der Waals surface area contributed by atoms with Crippen LogP contribution in [-0.2, 0) is 32.6 Å². The summed E-state index contributed by atoms with van der Waals surface area (Å²) < 4.78 is 29.6. The molecule has 0 saturated carbocycles. The number of carbonyl (C=O) groups excluding carboxylic acids is 2. The van der Waals surface area contributed by atoms with Crippen LogP contribution in [0.4, 0.5) is 5.69 Å². The zero-order valence-corrected chi connectivity index (χ0v) is 28.8. The molecule has 242 valence electrons. The Kier molecular flexibility index (Phi) is 11.0. The lowest BCUT2D eigenvalue weighted by molar-refractivity contribution is -0.140. The molecule has 0 radical (unpaired) electrons. The van der Waals surface area contributed by atoms with E-state index in [2.05, 4.69) is 5.32 Å². The van der Waals surface area contributed by atoms with Gasteiger partial charge < -0.3 is 10.2 Å². The van der Waals surface area contributed by atoms with Crippen molar-refractivity contribution in [3.8, 4) is 0 Å². The van der Waals surface area contributed by atoms with Crippen LogP contribution >= 0.6 is 11.6 Å². The highest BCUT2D eigenvalue weighted by molar-refractivity contribution is 7.92. The summed E-state index contributed by atoms with van der Waals surface area (Å²) in [7, 11) is -4.20. The van der Waals surface area contributed by atoms with Gasteiger partial charge in [-0.25, -0.2) is 8.42 Å². The molecule has 1 atom stereocenters. The van der Waals surface area contributed by atoms with Crippen molar-refractivity contribution in [1.29, 1.82) is 0 Å². The first-order valence-electron chi connectivity index (χ1n) is 15.2. The monoisotopic (exact) mass is 659 g/mol. The molecule has 1 N–H and O–H groups in total. The summed E-state index contributed by atoms with van der Waals surface area (Å²) in [5, 5.41) is 3.50. The maximum atomic E-state index is 14.6. The van der Waals surface area contributed by atoms with E-state index in [1.165, 1.54) is 17.0 Å². The Morgan fingerprint density at radius 3 is 1.96 bits per heavy atom. The fraction of sp³-hybridized carbons (Fsp3) is 0.297. The van der Waals surface area contributed by atoms with Gasteiger partial charge in [0.15, 0.2) is 0 Å². The Labute approximate surface area is 278 Å². The first-order chi connectivity index (χ1) is 21.6. The van der Waals surface area contributed by atoms with Gasteiger partial charge in [-0.1, -0.05) is 89.5 Å². The lowest BCUT2D eigenvalue weighted by atomic mass is 10.0. The molecular weight excluding hydrogens is 618 g/mol. The van der Waals surface area contributed by atoms with Crippen molar-refractivity contribution in [2.24, 2.45) is 0 Å². The third kappa shape index (κ3) is 8.98. The van der Waals surface area contributed by atoms with Crippen molar-refractivity contribution in [2.45, 2.75) is 71.0 Å². The number of aryl methyl sites for hydroxylation is 3. The highest BCUT2D eigenvalue weighted by Gasteiger charge is 2.36. The summed E-state index contributed by atoms with van der Waals surface area (Å²) >= 11 is 6.25. The molecule has 0 bridgehead atoms. The first-order valence-corrected chi connectivity index (χ1v) is 17.0. The molecule has 4 aromatic rings. The van der Waals surface area contributed by atoms with E-state index in [0.717, 1.165) is 26.6 Å². The molecule has 9 heteroatoms. The lowest BCUT2D eigenvalue weighted by Gasteiger charge is -2.35. The minimum absolute atomic E-state index is 0.0524. The summed E-state index contributed by atoms with van der Waals surface area (Å²) in [5.74, 6) is -0.844. The van der Waals surface area contributed by atoms with Crippen molar-refractivity contribution in [2.75, 3.05) is 10.8 Å². The second kappa shape index (κ2) is 14.5. The molecule has 0 aliphatic rings. The number of sulfonamides is 1. The summed E-state index contributed by atoms with van der Waals surface area (Å²) in [6, 6.07) is 27.7. The number of nitrogens with zero attached hydrogens (tertiary/aromatic N) is 2. The molecule has 0 saturated heterocycles. The Balaban J connectivity index is 1.84. The van der Waals surface area contributed by atoms with Crippen LogP contribution in [0.5, 0.6) is 0 Å². The smallest absolute Gasteiger partial charge is 0.264 e. The fourth-order valence-corrected chi connectivity index (χ4v) is 6.85. The number of anilines is 1. The SMILES string of the molecule is Cc1ccc(CN(C(=O)CN(c2ccc(Cl)cc2C)S(=O)(=O)c2ccc(C)cc2)C(Cc2ccccc2)C(=O)NC(C)(C)C)cc1. The van der Waals surface area contributed by atoms with Crippen molar-refractivity contribution in [1.82, 2.24) is 10.2 Å². The zero-order valence-electron chi connectivity index (χ0n) is 27.2. The molecule has 1 unspecified atom stereocenters. The summed E-state index contributed by atoms with van der Waals surface area (Å²) in [5.41, 5.74) is 4.00. The third-order valence-corrected chi connectivity index (χ3v) is 9.57. The van der Waals surface area contributed by atoms with E-state index < -0.39 is 34.1 Å². The number of hydrogen-bond donors (Lipinski definition) is 1. The Morgan fingerprint density at radius 2 is 1.39 bits per heavy atom. The highest BCUT2D eigenvalue weighted by atomic mass is 35.5. The van der Waals surface area contributed by atoms with Crippen LogP contribution in [-0.4, -0.2) is 43.3 Å². The molecular formula is C37H42ClN3O4S. The van der Waals surface area contributed by atoms with E-state index in [9.17, 15) is 18.0 Å². The maximum Gasteiger partial charge on any atom is 0.264 e. The quantitative estimate of drug-likeness (QED) is 0.188. The summed E-state index contributed by atoms with van der Waals surface area (Å²) in [4.78, 5) is 30.2. The second-order valence-corrected chi connectivity index (χ2v) is 15.0.